The monoisotopic (exact) mass is 286 g/mol. The molecular formula is C17H19O2P. The highest BCUT2D eigenvalue weighted by Gasteiger charge is 2.20. The first-order chi connectivity index (χ1) is 9.50. The molecule has 0 aliphatic rings. The first-order valence-electron chi connectivity index (χ1n) is 6.62. The lowest BCUT2D eigenvalue weighted by atomic mass is 9.97. The molecule has 0 saturated heterocycles. The largest absolute Gasteiger partial charge is 0.482 e. The lowest BCUT2D eigenvalue weighted by Crippen LogP contribution is -2.26. The van der Waals surface area contributed by atoms with E-state index in [-0.39, 0.29) is 5.78 Å². The molecule has 0 saturated carbocycles. The van der Waals surface area contributed by atoms with Gasteiger partial charge < -0.3 is 4.74 Å². The van der Waals surface area contributed by atoms with Crippen LogP contribution in [0.15, 0.2) is 42.5 Å². The fraction of sp³-hybridized carbons (Fsp3) is 0.235. The third-order valence-electron chi connectivity index (χ3n) is 3.32. The molecule has 0 aliphatic heterocycles. The van der Waals surface area contributed by atoms with E-state index in [0.717, 1.165) is 27.7 Å². The number of hydrogen-bond donors (Lipinski definition) is 0. The first-order valence-corrected chi connectivity index (χ1v) is 7.20. The summed E-state index contributed by atoms with van der Waals surface area (Å²) in [6.45, 7) is 5.71. The number of para-hydroxylation sites is 1. The number of Topliss-reactive ketones (excluding diaryl/α,β-unsaturated/α-hetero) is 1. The Morgan fingerprint density at radius 1 is 1.05 bits per heavy atom. The molecule has 2 nitrogen and oxygen atoms in total. The standard InChI is InChI=1S/C17H19O2P/c1-11-7-6-8-12(2)16(11)17(18)13(3)19-14-9-4-5-10-15(14)20/h4-10,13H,20H2,1-3H3. The van der Waals surface area contributed by atoms with E-state index in [9.17, 15) is 4.79 Å². The molecule has 0 heterocycles. The van der Waals surface area contributed by atoms with Crippen molar-refractivity contribution in [2.24, 2.45) is 0 Å². The molecule has 0 aromatic heterocycles. The molecule has 2 unspecified atom stereocenters. The van der Waals surface area contributed by atoms with Crippen molar-refractivity contribution in [3.8, 4) is 5.75 Å². The highest BCUT2D eigenvalue weighted by atomic mass is 31.0. The molecule has 2 aromatic carbocycles. The molecular weight excluding hydrogens is 267 g/mol. The molecule has 0 radical (unpaired) electrons. The average Bonchev–Trinajstić information content (AvgIpc) is 2.41. The predicted molar refractivity (Wildman–Crippen MR) is 86.1 cm³/mol. The number of benzene rings is 2. The Morgan fingerprint density at radius 2 is 1.65 bits per heavy atom. The van der Waals surface area contributed by atoms with Gasteiger partial charge in [-0.1, -0.05) is 36.4 Å². The van der Waals surface area contributed by atoms with Gasteiger partial charge in [0.2, 0.25) is 5.78 Å². The number of rotatable bonds is 4. The van der Waals surface area contributed by atoms with Crippen molar-refractivity contribution in [1.82, 2.24) is 0 Å². The fourth-order valence-corrected chi connectivity index (χ4v) is 2.51. The van der Waals surface area contributed by atoms with Gasteiger partial charge in [0.1, 0.15) is 5.75 Å². The van der Waals surface area contributed by atoms with E-state index in [1.165, 1.54) is 0 Å². The van der Waals surface area contributed by atoms with E-state index in [1.807, 2.05) is 56.3 Å². The lowest BCUT2D eigenvalue weighted by molar-refractivity contribution is 0.0818. The third kappa shape index (κ3) is 3.08. The van der Waals surface area contributed by atoms with E-state index >= 15 is 0 Å². The second kappa shape index (κ2) is 6.19. The molecule has 0 fully saturated rings. The average molecular weight is 286 g/mol. The Bertz CT molecular complexity index is 614. The van der Waals surface area contributed by atoms with E-state index in [2.05, 4.69) is 9.24 Å². The van der Waals surface area contributed by atoms with Crippen LogP contribution < -0.4 is 10.0 Å². The van der Waals surface area contributed by atoms with Crippen LogP contribution in [0.25, 0.3) is 0 Å². The maximum absolute atomic E-state index is 12.6. The molecule has 2 atom stereocenters. The predicted octanol–water partition coefficient (Wildman–Crippen LogP) is 3.45. The molecule has 2 rings (SSSR count). The van der Waals surface area contributed by atoms with Gasteiger partial charge in [0, 0.05) is 10.9 Å². The summed E-state index contributed by atoms with van der Waals surface area (Å²) < 4.78 is 5.80. The highest BCUT2D eigenvalue weighted by molar-refractivity contribution is 7.27. The van der Waals surface area contributed by atoms with Crippen LogP contribution in [0.3, 0.4) is 0 Å². The Balaban J connectivity index is 2.24. The molecule has 0 bridgehead atoms. The summed E-state index contributed by atoms with van der Waals surface area (Å²) in [6, 6.07) is 13.5. The van der Waals surface area contributed by atoms with E-state index in [4.69, 9.17) is 4.74 Å². The molecule has 0 N–H and O–H groups in total. The van der Waals surface area contributed by atoms with Crippen LogP contribution in [-0.2, 0) is 0 Å². The Hall–Kier alpha value is -1.66. The summed E-state index contributed by atoms with van der Waals surface area (Å²) in [5, 5.41) is 0.952. The minimum atomic E-state index is -0.503. The maximum Gasteiger partial charge on any atom is 0.203 e. The number of carbonyl (C=O) groups excluding carboxylic acids is 1. The van der Waals surface area contributed by atoms with Crippen molar-refractivity contribution in [2.45, 2.75) is 26.9 Å². The first kappa shape index (κ1) is 14.7. The maximum atomic E-state index is 12.6. The van der Waals surface area contributed by atoms with Gasteiger partial charge in [0.15, 0.2) is 6.10 Å². The molecule has 20 heavy (non-hydrogen) atoms. The van der Waals surface area contributed by atoms with Crippen molar-refractivity contribution in [3.63, 3.8) is 0 Å². The Morgan fingerprint density at radius 3 is 2.25 bits per heavy atom. The SMILES string of the molecule is Cc1cccc(C)c1C(=O)C(C)Oc1ccccc1P. The molecule has 3 heteroatoms. The second-order valence-corrected chi connectivity index (χ2v) is 5.55. The van der Waals surface area contributed by atoms with Crippen LogP contribution in [0.2, 0.25) is 0 Å². The summed E-state index contributed by atoms with van der Waals surface area (Å²) in [4.78, 5) is 12.6. The summed E-state index contributed by atoms with van der Waals surface area (Å²) in [6.07, 6.45) is -0.503. The van der Waals surface area contributed by atoms with Crippen molar-refractivity contribution in [2.75, 3.05) is 0 Å². The van der Waals surface area contributed by atoms with E-state index in [1.54, 1.807) is 6.92 Å². The van der Waals surface area contributed by atoms with Gasteiger partial charge in [0.05, 0.1) is 0 Å². The topological polar surface area (TPSA) is 26.3 Å². The second-order valence-electron chi connectivity index (χ2n) is 4.93. The molecule has 104 valence electrons. The number of aryl methyl sites for hydroxylation is 2. The van der Waals surface area contributed by atoms with Gasteiger partial charge in [-0.2, -0.15) is 0 Å². The third-order valence-corrected chi connectivity index (χ3v) is 3.80. The highest BCUT2D eigenvalue weighted by Crippen LogP contribution is 2.19. The Labute approximate surface area is 122 Å². The molecule has 0 amide bonds. The molecule has 0 spiro atoms. The number of ketones is 1. The minimum absolute atomic E-state index is 0.0221. The van der Waals surface area contributed by atoms with Crippen molar-refractivity contribution >= 4 is 20.3 Å². The summed E-state index contributed by atoms with van der Waals surface area (Å²) in [7, 11) is 2.62. The van der Waals surface area contributed by atoms with Gasteiger partial charge in [-0.15, -0.1) is 9.24 Å². The quantitative estimate of drug-likeness (QED) is 0.635. The number of carbonyl (C=O) groups is 1. The van der Waals surface area contributed by atoms with Crippen molar-refractivity contribution in [1.29, 1.82) is 0 Å². The van der Waals surface area contributed by atoms with Crippen LogP contribution in [0.1, 0.15) is 28.4 Å². The zero-order valence-electron chi connectivity index (χ0n) is 12.0. The zero-order chi connectivity index (χ0) is 14.7. The van der Waals surface area contributed by atoms with Crippen LogP contribution in [0, 0.1) is 13.8 Å². The molecule has 2 aromatic rings. The van der Waals surface area contributed by atoms with Gasteiger partial charge in [-0.3, -0.25) is 4.79 Å². The van der Waals surface area contributed by atoms with Crippen molar-refractivity contribution < 1.29 is 9.53 Å². The minimum Gasteiger partial charge on any atom is -0.482 e. The van der Waals surface area contributed by atoms with Gasteiger partial charge in [-0.25, -0.2) is 0 Å². The smallest absolute Gasteiger partial charge is 0.203 e. The fourth-order valence-electron chi connectivity index (χ4n) is 2.24. The normalized spacial score (nSPS) is 12.0. The van der Waals surface area contributed by atoms with Crippen LogP contribution in [0.5, 0.6) is 5.75 Å². The van der Waals surface area contributed by atoms with Gasteiger partial charge in [0.25, 0.3) is 0 Å². The van der Waals surface area contributed by atoms with Crippen molar-refractivity contribution in [3.05, 3.63) is 59.2 Å². The van der Waals surface area contributed by atoms with Gasteiger partial charge in [-0.05, 0) is 38.0 Å². The number of hydrogen-bond acceptors (Lipinski definition) is 2. The molecule has 0 aliphatic carbocycles. The summed E-state index contributed by atoms with van der Waals surface area (Å²) in [5.74, 6) is 0.749. The van der Waals surface area contributed by atoms with Gasteiger partial charge >= 0.3 is 0 Å². The van der Waals surface area contributed by atoms with Crippen LogP contribution in [-0.4, -0.2) is 11.9 Å². The van der Waals surface area contributed by atoms with Crippen LogP contribution >= 0.6 is 9.24 Å². The summed E-state index contributed by atoms with van der Waals surface area (Å²) in [5.41, 5.74) is 2.75. The lowest BCUT2D eigenvalue weighted by Gasteiger charge is -2.17. The summed E-state index contributed by atoms with van der Waals surface area (Å²) >= 11 is 0. The van der Waals surface area contributed by atoms with E-state index in [0.29, 0.717) is 0 Å². The van der Waals surface area contributed by atoms with Crippen LogP contribution in [0.4, 0.5) is 0 Å². The van der Waals surface area contributed by atoms with E-state index < -0.39 is 6.10 Å². The number of ether oxygens (including phenoxy) is 1. The Kier molecular flexibility index (Phi) is 4.57. The zero-order valence-corrected chi connectivity index (χ0v) is 13.2.